The summed E-state index contributed by atoms with van der Waals surface area (Å²) >= 11 is 0. The molecule has 4 heteroatoms. The van der Waals surface area contributed by atoms with Crippen LogP contribution in [-0.4, -0.2) is 36.8 Å². The van der Waals surface area contributed by atoms with E-state index < -0.39 is 0 Å². The zero-order chi connectivity index (χ0) is 33.2. The lowest BCUT2D eigenvalue weighted by Gasteiger charge is -2.32. The van der Waals surface area contributed by atoms with Crippen LogP contribution in [0.15, 0.2) is 46.4 Å². The van der Waals surface area contributed by atoms with Crippen LogP contribution in [-0.2, 0) is 21.7 Å². The smallest absolute Gasteiger partial charge is 0.172 e. The maximum atomic E-state index is 5.49. The van der Waals surface area contributed by atoms with Gasteiger partial charge in [-0.1, -0.05) is 123 Å². The standard InChI is InChI=1S/C40H62N4/c1-25(2)33-23-43(31-19-27(37(5,6)7)17-28(20-31)38(8,9)10)35(41-33)36-42-34(26(3)4)24-44(36)32-21-29(39(11,12)13)18-30(22-32)40(14,15)16/h17-22,25-26,33-34H,23-24H2,1-16H3/t33-,34+. The molecule has 2 aromatic carbocycles. The Bertz CT molecular complexity index is 1240. The summed E-state index contributed by atoms with van der Waals surface area (Å²) in [4.78, 5) is 16.0. The lowest BCUT2D eigenvalue weighted by molar-refractivity contribution is 0.520. The van der Waals surface area contributed by atoms with Crippen LogP contribution in [0.4, 0.5) is 11.4 Å². The molecular formula is C40H62N4. The molecule has 2 atom stereocenters. The Kier molecular flexibility index (Phi) is 9.05. The zero-order valence-corrected chi connectivity index (χ0v) is 31.0. The molecule has 0 fully saturated rings. The van der Waals surface area contributed by atoms with E-state index in [1.807, 2.05) is 0 Å². The number of benzene rings is 2. The van der Waals surface area contributed by atoms with E-state index in [4.69, 9.17) is 9.98 Å². The largest absolute Gasteiger partial charge is 0.321 e. The van der Waals surface area contributed by atoms with Crippen molar-refractivity contribution in [2.75, 3.05) is 22.9 Å². The highest BCUT2D eigenvalue weighted by molar-refractivity contribution is 6.50. The van der Waals surface area contributed by atoms with Crippen molar-refractivity contribution < 1.29 is 0 Å². The van der Waals surface area contributed by atoms with Crippen LogP contribution in [0.25, 0.3) is 0 Å². The number of anilines is 2. The fourth-order valence-corrected chi connectivity index (χ4v) is 5.88. The summed E-state index contributed by atoms with van der Waals surface area (Å²) in [5.41, 5.74) is 8.10. The van der Waals surface area contributed by atoms with Gasteiger partial charge in [-0.25, -0.2) is 0 Å². The van der Waals surface area contributed by atoms with Gasteiger partial charge < -0.3 is 9.80 Å². The van der Waals surface area contributed by atoms with Crippen LogP contribution in [0.5, 0.6) is 0 Å². The van der Waals surface area contributed by atoms with Crippen LogP contribution in [0.1, 0.15) is 133 Å². The fraction of sp³-hybridized carbons (Fsp3) is 0.650. The predicted octanol–water partition coefficient (Wildman–Crippen LogP) is 10.1. The number of amidine groups is 2. The SMILES string of the molecule is CC(C)[C@@H]1CN(c2cc(C(C)(C)C)cc(C(C)(C)C)c2)C(C2=N[C@@H](C(C)C)CN2c2cc(C(C)(C)C)cc(C(C)(C)C)c2)=N1. The Morgan fingerprint density at radius 3 is 0.932 bits per heavy atom. The molecular weight excluding hydrogens is 536 g/mol. The van der Waals surface area contributed by atoms with E-state index in [2.05, 4.69) is 157 Å². The number of aliphatic imine (C=N–C) groups is 2. The molecule has 0 aliphatic carbocycles. The van der Waals surface area contributed by atoms with Crippen LogP contribution in [0, 0.1) is 11.8 Å². The van der Waals surface area contributed by atoms with Gasteiger partial charge in [0.2, 0.25) is 0 Å². The molecule has 44 heavy (non-hydrogen) atoms. The Labute approximate surface area is 270 Å². The fourth-order valence-electron chi connectivity index (χ4n) is 5.88. The van der Waals surface area contributed by atoms with Crippen molar-refractivity contribution in [1.82, 2.24) is 0 Å². The molecule has 0 saturated heterocycles. The van der Waals surface area contributed by atoms with Crippen LogP contribution in [0.2, 0.25) is 0 Å². The van der Waals surface area contributed by atoms with Gasteiger partial charge in [-0.2, -0.15) is 0 Å². The zero-order valence-electron chi connectivity index (χ0n) is 31.0. The second-order valence-corrected chi connectivity index (χ2v) is 18.3. The maximum Gasteiger partial charge on any atom is 0.172 e. The molecule has 0 bridgehead atoms. The lowest BCUT2D eigenvalue weighted by Crippen LogP contribution is -2.43. The maximum absolute atomic E-state index is 5.49. The molecule has 2 aromatic rings. The Hall–Kier alpha value is -2.62. The molecule has 4 rings (SSSR count). The summed E-state index contributed by atoms with van der Waals surface area (Å²) < 4.78 is 0. The molecule has 0 amide bonds. The molecule has 0 aromatic heterocycles. The van der Waals surface area contributed by atoms with Crippen molar-refractivity contribution in [1.29, 1.82) is 0 Å². The Morgan fingerprint density at radius 2 is 0.727 bits per heavy atom. The average molecular weight is 599 g/mol. The molecule has 2 heterocycles. The Balaban J connectivity index is 1.93. The molecule has 0 N–H and O–H groups in total. The first-order valence-corrected chi connectivity index (χ1v) is 17.0. The first kappa shape index (κ1) is 34.3. The first-order valence-electron chi connectivity index (χ1n) is 17.0. The highest BCUT2D eigenvalue weighted by atomic mass is 15.4. The third kappa shape index (κ3) is 7.26. The van der Waals surface area contributed by atoms with E-state index in [-0.39, 0.29) is 33.7 Å². The van der Waals surface area contributed by atoms with Gasteiger partial charge in [0.25, 0.3) is 0 Å². The summed E-state index contributed by atoms with van der Waals surface area (Å²) in [5.74, 6) is 2.93. The van der Waals surface area contributed by atoms with Crippen LogP contribution >= 0.6 is 0 Å². The minimum atomic E-state index is 0.0426. The minimum Gasteiger partial charge on any atom is -0.321 e. The number of nitrogens with zero attached hydrogens (tertiary/aromatic N) is 4. The van der Waals surface area contributed by atoms with E-state index in [1.165, 1.54) is 33.6 Å². The molecule has 2 aliphatic heterocycles. The van der Waals surface area contributed by atoms with Crippen LogP contribution in [0.3, 0.4) is 0 Å². The van der Waals surface area contributed by atoms with Gasteiger partial charge in [0, 0.05) is 24.5 Å². The van der Waals surface area contributed by atoms with Gasteiger partial charge in [0.15, 0.2) is 11.7 Å². The second-order valence-electron chi connectivity index (χ2n) is 18.3. The van der Waals surface area contributed by atoms with Crippen molar-refractivity contribution in [3.63, 3.8) is 0 Å². The highest BCUT2D eigenvalue weighted by Crippen LogP contribution is 2.38. The first-order chi connectivity index (χ1) is 20.0. The summed E-state index contributed by atoms with van der Waals surface area (Å²) in [6, 6.07) is 14.9. The van der Waals surface area contributed by atoms with E-state index in [9.17, 15) is 0 Å². The van der Waals surface area contributed by atoms with Gasteiger partial charge in [0.1, 0.15) is 0 Å². The van der Waals surface area contributed by atoms with Gasteiger partial charge in [-0.15, -0.1) is 0 Å². The molecule has 242 valence electrons. The van der Waals surface area contributed by atoms with Crippen molar-refractivity contribution in [2.45, 2.75) is 145 Å². The van der Waals surface area contributed by atoms with E-state index in [1.54, 1.807) is 0 Å². The van der Waals surface area contributed by atoms with Crippen molar-refractivity contribution in [3.05, 3.63) is 58.7 Å². The summed E-state index contributed by atoms with van der Waals surface area (Å²) in [7, 11) is 0. The lowest BCUT2D eigenvalue weighted by atomic mass is 9.80. The van der Waals surface area contributed by atoms with E-state index >= 15 is 0 Å². The third-order valence-electron chi connectivity index (χ3n) is 9.49. The number of hydrogen-bond acceptors (Lipinski definition) is 4. The molecule has 0 radical (unpaired) electrons. The number of hydrogen-bond donors (Lipinski definition) is 0. The minimum absolute atomic E-state index is 0.0426. The Morgan fingerprint density at radius 1 is 0.477 bits per heavy atom. The van der Waals surface area contributed by atoms with E-state index in [0.717, 1.165) is 24.8 Å². The normalized spacial score (nSPS) is 20.2. The molecule has 0 spiro atoms. The second kappa shape index (κ2) is 11.6. The number of rotatable bonds is 5. The van der Waals surface area contributed by atoms with E-state index in [0.29, 0.717) is 11.8 Å². The molecule has 4 nitrogen and oxygen atoms in total. The van der Waals surface area contributed by atoms with Crippen molar-refractivity contribution in [3.8, 4) is 0 Å². The quantitative estimate of drug-likeness (QED) is 0.343. The monoisotopic (exact) mass is 598 g/mol. The summed E-state index contributed by atoms with van der Waals surface area (Å²) in [6.45, 7) is 38.8. The van der Waals surface area contributed by atoms with Crippen LogP contribution < -0.4 is 9.80 Å². The van der Waals surface area contributed by atoms with Gasteiger partial charge >= 0.3 is 0 Å². The molecule has 2 aliphatic rings. The highest BCUT2D eigenvalue weighted by Gasteiger charge is 2.39. The van der Waals surface area contributed by atoms with Crippen molar-refractivity contribution in [2.24, 2.45) is 21.8 Å². The van der Waals surface area contributed by atoms with Crippen molar-refractivity contribution >= 4 is 23.0 Å². The van der Waals surface area contributed by atoms with Gasteiger partial charge in [-0.05, 0) is 80.0 Å². The predicted molar refractivity (Wildman–Crippen MR) is 194 cm³/mol. The average Bonchev–Trinajstić information content (AvgIpc) is 3.51. The topological polar surface area (TPSA) is 31.2 Å². The van der Waals surface area contributed by atoms with Gasteiger partial charge in [0.05, 0.1) is 12.1 Å². The summed E-state index contributed by atoms with van der Waals surface area (Å²) in [5, 5.41) is 0. The third-order valence-corrected chi connectivity index (χ3v) is 9.49. The van der Waals surface area contributed by atoms with Gasteiger partial charge in [-0.3, -0.25) is 9.98 Å². The molecule has 0 saturated carbocycles. The molecule has 0 unspecified atom stereocenters. The summed E-state index contributed by atoms with van der Waals surface area (Å²) in [6.07, 6.45) is 0.